The standard InChI is InChI=1S/C34H47NO10/c1-7-8-14-45-22(38)13-12-18(36)15-21-32(5)17(4)19-10-9-11-20(37)23(19)27(39)26(32)30(42)34(44)29(41)24(31(35)43)28(40)25(16(2)3)33(21,34)6/h9-11,16-17,21,24-26,28,30,37,40,42,44H,7-8,12-15H2,1-6H3,(H2,35,43)/t17-,21-,24-,25+,26-,28?,30?,32-,33-,34+/m1/s1. The van der Waals surface area contributed by atoms with Crippen molar-refractivity contribution in [2.24, 2.45) is 46.2 Å². The molecule has 4 rings (SSSR count). The lowest BCUT2D eigenvalue weighted by Crippen LogP contribution is -2.82. The summed E-state index contributed by atoms with van der Waals surface area (Å²) >= 11 is 0. The Labute approximate surface area is 263 Å². The SMILES string of the molecule is CCCCOC(=O)CCC(=O)C[C@@H]1[C@@]2(C)[C@H](C)c3cccc(O)c3C(=O)[C@@H]2C(O)[C@@]2(O)C(=O)[C@H](C(N)=O)C(O)[C@H](C(C)C)[C@@]12C. The summed E-state index contributed by atoms with van der Waals surface area (Å²) in [5.41, 5.74) is 0.177. The number of ketones is 3. The maximum Gasteiger partial charge on any atom is 0.306 e. The van der Waals surface area contributed by atoms with Gasteiger partial charge in [0.15, 0.2) is 17.2 Å². The molecule has 0 aliphatic heterocycles. The van der Waals surface area contributed by atoms with Crippen LogP contribution in [-0.2, 0) is 23.9 Å². The number of amides is 1. The average Bonchev–Trinajstić information content (AvgIpc) is 2.95. The van der Waals surface area contributed by atoms with Crippen LogP contribution >= 0.6 is 0 Å². The minimum Gasteiger partial charge on any atom is -0.507 e. The van der Waals surface area contributed by atoms with E-state index in [0.29, 0.717) is 12.0 Å². The number of hydrogen-bond acceptors (Lipinski definition) is 10. The highest BCUT2D eigenvalue weighted by molar-refractivity contribution is 6.09. The van der Waals surface area contributed by atoms with Crippen molar-refractivity contribution in [3.8, 4) is 5.75 Å². The number of fused-ring (bicyclic) bond motifs is 3. The van der Waals surface area contributed by atoms with Gasteiger partial charge in [-0.1, -0.05) is 60.1 Å². The molecule has 2 fully saturated rings. The maximum atomic E-state index is 14.3. The second-order valence-corrected chi connectivity index (χ2v) is 14.0. The van der Waals surface area contributed by atoms with Gasteiger partial charge >= 0.3 is 5.97 Å². The molecule has 6 N–H and O–H groups in total. The van der Waals surface area contributed by atoms with Crippen LogP contribution in [-0.4, -0.2) is 74.1 Å². The predicted molar refractivity (Wildman–Crippen MR) is 162 cm³/mol. The van der Waals surface area contributed by atoms with E-state index in [-0.39, 0.29) is 37.2 Å². The van der Waals surface area contributed by atoms with Crippen LogP contribution in [0.25, 0.3) is 0 Å². The summed E-state index contributed by atoms with van der Waals surface area (Å²) < 4.78 is 5.20. The molecule has 0 aromatic heterocycles. The van der Waals surface area contributed by atoms with Crippen molar-refractivity contribution in [2.45, 2.75) is 97.4 Å². The Morgan fingerprint density at radius 1 is 1.09 bits per heavy atom. The third-order valence-electron chi connectivity index (χ3n) is 11.6. The third kappa shape index (κ3) is 4.93. The number of aliphatic hydroxyl groups is 3. The Hall–Kier alpha value is -3.15. The van der Waals surface area contributed by atoms with Gasteiger partial charge in [0.2, 0.25) is 5.91 Å². The van der Waals surface area contributed by atoms with Gasteiger partial charge in [-0.05, 0) is 47.1 Å². The van der Waals surface area contributed by atoms with Crippen LogP contribution < -0.4 is 5.73 Å². The zero-order valence-electron chi connectivity index (χ0n) is 26.9. The molecule has 45 heavy (non-hydrogen) atoms. The Balaban J connectivity index is 1.94. The first-order valence-electron chi connectivity index (χ1n) is 15.9. The van der Waals surface area contributed by atoms with E-state index in [1.165, 1.54) is 13.0 Å². The Kier molecular flexibility index (Phi) is 9.43. The van der Waals surface area contributed by atoms with Gasteiger partial charge in [-0.3, -0.25) is 24.0 Å². The largest absolute Gasteiger partial charge is 0.507 e. The number of aromatic hydroxyl groups is 1. The summed E-state index contributed by atoms with van der Waals surface area (Å²) in [5.74, 6) is -10.9. The molecule has 0 spiro atoms. The van der Waals surface area contributed by atoms with E-state index >= 15 is 0 Å². The molecule has 1 aromatic rings. The van der Waals surface area contributed by atoms with Gasteiger partial charge in [0.25, 0.3) is 0 Å². The first-order chi connectivity index (χ1) is 20.9. The number of primary amides is 1. The molecule has 2 saturated carbocycles. The number of benzene rings is 1. The fraction of sp³-hybridized carbons (Fsp3) is 0.676. The molecule has 10 atom stereocenters. The first kappa shape index (κ1) is 34.7. The molecule has 248 valence electrons. The van der Waals surface area contributed by atoms with Gasteiger partial charge < -0.3 is 30.9 Å². The predicted octanol–water partition coefficient (Wildman–Crippen LogP) is 2.44. The molecule has 0 heterocycles. The maximum absolute atomic E-state index is 14.3. The molecule has 3 aliphatic carbocycles. The smallest absolute Gasteiger partial charge is 0.306 e. The van der Waals surface area contributed by atoms with E-state index in [0.717, 1.165) is 6.42 Å². The molecule has 1 amide bonds. The first-order valence-corrected chi connectivity index (χ1v) is 15.9. The van der Waals surface area contributed by atoms with Gasteiger partial charge in [0.05, 0.1) is 30.6 Å². The second-order valence-electron chi connectivity index (χ2n) is 14.0. The molecule has 11 nitrogen and oxygen atoms in total. The Morgan fingerprint density at radius 3 is 2.31 bits per heavy atom. The van der Waals surface area contributed by atoms with Crippen LogP contribution in [0.15, 0.2) is 18.2 Å². The number of carbonyl (C=O) groups is 5. The van der Waals surface area contributed by atoms with E-state index in [4.69, 9.17) is 10.5 Å². The number of esters is 1. The number of aliphatic hydroxyl groups excluding tert-OH is 2. The number of phenolic OH excluding ortho intramolecular Hbond substituents is 1. The summed E-state index contributed by atoms with van der Waals surface area (Å²) in [6.07, 6.45) is -2.91. The summed E-state index contributed by atoms with van der Waals surface area (Å²) in [6, 6.07) is 4.61. The quantitative estimate of drug-likeness (QED) is 0.145. The summed E-state index contributed by atoms with van der Waals surface area (Å²) in [5, 5.41) is 47.1. The monoisotopic (exact) mass is 629 g/mol. The molecule has 1 aromatic carbocycles. The van der Waals surface area contributed by atoms with Gasteiger partial charge in [0, 0.05) is 18.3 Å². The molecular formula is C34H47NO10. The van der Waals surface area contributed by atoms with E-state index < -0.39 is 93.4 Å². The van der Waals surface area contributed by atoms with Crippen LogP contribution in [0.1, 0.15) is 95.5 Å². The van der Waals surface area contributed by atoms with Crippen LogP contribution in [0.3, 0.4) is 0 Å². The Bertz CT molecular complexity index is 1390. The number of carbonyl (C=O) groups excluding carboxylic acids is 5. The normalized spacial score (nSPS) is 37.4. The van der Waals surface area contributed by atoms with E-state index in [1.807, 2.05) is 6.92 Å². The van der Waals surface area contributed by atoms with Gasteiger partial charge in [-0.15, -0.1) is 0 Å². The van der Waals surface area contributed by atoms with Crippen LogP contribution in [0.2, 0.25) is 0 Å². The topological polar surface area (TPSA) is 202 Å². The lowest BCUT2D eigenvalue weighted by atomic mass is 9.33. The zero-order valence-corrected chi connectivity index (χ0v) is 26.9. The number of phenols is 1. The van der Waals surface area contributed by atoms with Gasteiger partial charge in [-0.25, -0.2) is 0 Å². The van der Waals surface area contributed by atoms with Crippen molar-refractivity contribution in [3.05, 3.63) is 29.3 Å². The molecule has 3 aliphatic rings. The van der Waals surface area contributed by atoms with Crippen molar-refractivity contribution < 1.29 is 49.1 Å². The van der Waals surface area contributed by atoms with Crippen LogP contribution in [0.5, 0.6) is 5.75 Å². The van der Waals surface area contributed by atoms with Crippen LogP contribution in [0, 0.1) is 40.4 Å². The molecule has 0 saturated heterocycles. The van der Waals surface area contributed by atoms with Crippen molar-refractivity contribution in [1.82, 2.24) is 0 Å². The molecule has 2 unspecified atom stereocenters. The summed E-state index contributed by atoms with van der Waals surface area (Å²) in [6.45, 7) is 10.7. The zero-order chi connectivity index (χ0) is 33.8. The number of ether oxygens (including phenoxy) is 1. The highest BCUT2D eigenvalue weighted by atomic mass is 16.5. The minimum absolute atomic E-state index is 0.0474. The van der Waals surface area contributed by atoms with E-state index in [1.54, 1.807) is 39.8 Å². The molecule has 0 radical (unpaired) electrons. The highest BCUT2D eigenvalue weighted by Crippen LogP contribution is 2.71. The molecular weight excluding hydrogens is 582 g/mol. The summed E-state index contributed by atoms with van der Waals surface area (Å²) in [7, 11) is 0. The molecule has 11 heteroatoms. The summed E-state index contributed by atoms with van der Waals surface area (Å²) in [4.78, 5) is 67.2. The number of rotatable bonds is 10. The number of hydrogen-bond donors (Lipinski definition) is 5. The lowest BCUT2D eigenvalue weighted by molar-refractivity contribution is -0.292. The van der Waals surface area contributed by atoms with Crippen molar-refractivity contribution >= 4 is 29.2 Å². The Morgan fingerprint density at radius 2 is 1.73 bits per heavy atom. The fourth-order valence-electron chi connectivity index (χ4n) is 9.34. The van der Waals surface area contributed by atoms with E-state index in [2.05, 4.69) is 0 Å². The third-order valence-corrected chi connectivity index (χ3v) is 11.6. The second kappa shape index (κ2) is 12.2. The van der Waals surface area contributed by atoms with E-state index in [9.17, 15) is 44.4 Å². The number of Topliss-reactive ketones (excluding diaryl/α,β-unsaturated/α-hetero) is 3. The van der Waals surface area contributed by atoms with Gasteiger partial charge in [0.1, 0.15) is 23.6 Å². The van der Waals surface area contributed by atoms with Crippen molar-refractivity contribution in [3.63, 3.8) is 0 Å². The lowest BCUT2D eigenvalue weighted by Gasteiger charge is -2.71. The fourth-order valence-corrected chi connectivity index (χ4v) is 9.34. The van der Waals surface area contributed by atoms with Crippen molar-refractivity contribution in [2.75, 3.05) is 6.61 Å². The van der Waals surface area contributed by atoms with Gasteiger partial charge in [-0.2, -0.15) is 0 Å². The average molecular weight is 630 g/mol. The molecule has 0 bridgehead atoms. The number of unbranched alkanes of at least 4 members (excludes halogenated alkanes) is 1. The number of nitrogens with two attached hydrogens (primary N) is 1. The van der Waals surface area contributed by atoms with Crippen LogP contribution in [0.4, 0.5) is 0 Å². The minimum atomic E-state index is -2.79. The van der Waals surface area contributed by atoms with Crippen molar-refractivity contribution in [1.29, 1.82) is 0 Å². The highest BCUT2D eigenvalue weighted by Gasteiger charge is 2.80.